The highest BCUT2D eigenvalue weighted by molar-refractivity contribution is 6.06. The Morgan fingerprint density at radius 2 is 1.35 bits per heavy atom. The SMILES string of the molecule is CCCCc1c(-c2ccc(C)cc2)oc2c(-c3ccc(OC)cc3)ccc(-c3ccccc3)c12. The van der Waals surface area contributed by atoms with Crippen LogP contribution in [0.2, 0.25) is 0 Å². The molecule has 0 N–H and O–H groups in total. The first-order valence-electron chi connectivity index (χ1n) is 12.0. The Bertz CT molecular complexity index is 1390. The average molecular weight is 447 g/mol. The van der Waals surface area contributed by atoms with E-state index in [-0.39, 0.29) is 0 Å². The molecule has 34 heavy (non-hydrogen) atoms. The van der Waals surface area contributed by atoms with Gasteiger partial charge in [-0.1, -0.05) is 91.7 Å². The fraction of sp³-hybridized carbons (Fsp3) is 0.188. The quantitative estimate of drug-likeness (QED) is 0.249. The molecule has 0 spiro atoms. The Labute approximate surface area is 201 Å². The summed E-state index contributed by atoms with van der Waals surface area (Å²) in [7, 11) is 1.70. The second-order valence-corrected chi connectivity index (χ2v) is 8.84. The van der Waals surface area contributed by atoms with E-state index in [9.17, 15) is 0 Å². The lowest BCUT2D eigenvalue weighted by molar-refractivity contribution is 0.415. The van der Waals surface area contributed by atoms with E-state index in [0.717, 1.165) is 53.0 Å². The molecule has 0 atom stereocenters. The van der Waals surface area contributed by atoms with E-state index in [1.54, 1.807) is 7.11 Å². The lowest BCUT2D eigenvalue weighted by atomic mass is 9.91. The number of benzene rings is 4. The molecule has 0 aliphatic rings. The summed E-state index contributed by atoms with van der Waals surface area (Å²) >= 11 is 0. The number of aryl methyl sites for hydroxylation is 2. The molecule has 5 aromatic rings. The third-order valence-corrected chi connectivity index (χ3v) is 6.52. The van der Waals surface area contributed by atoms with Gasteiger partial charge in [-0.25, -0.2) is 0 Å². The monoisotopic (exact) mass is 446 g/mol. The largest absolute Gasteiger partial charge is 0.497 e. The molecule has 0 amide bonds. The van der Waals surface area contributed by atoms with Gasteiger partial charge in [0.1, 0.15) is 17.1 Å². The van der Waals surface area contributed by atoms with Gasteiger partial charge < -0.3 is 9.15 Å². The van der Waals surface area contributed by atoms with E-state index < -0.39 is 0 Å². The van der Waals surface area contributed by atoms with Crippen molar-refractivity contribution in [1.29, 1.82) is 0 Å². The van der Waals surface area contributed by atoms with Crippen LogP contribution < -0.4 is 4.74 Å². The standard InChI is InChI=1S/C32H30O2/c1-4-5-11-29-30-27(23-9-7-6-8-10-23)20-21-28(24-16-18-26(33-3)19-17-24)32(30)34-31(29)25-14-12-22(2)13-15-25/h6-10,12-21H,4-5,11H2,1-3H3. The number of furan rings is 1. The summed E-state index contributed by atoms with van der Waals surface area (Å²) in [5.74, 6) is 1.84. The maximum atomic E-state index is 6.80. The van der Waals surface area contributed by atoms with Crippen molar-refractivity contribution in [3.05, 3.63) is 102 Å². The van der Waals surface area contributed by atoms with Crippen LogP contribution in [0, 0.1) is 6.92 Å². The fourth-order valence-corrected chi connectivity index (χ4v) is 4.65. The molecule has 170 valence electrons. The number of unbranched alkanes of at least 4 members (excludes halogenated alkanes) is 1. The van der Waals surface area contributed by atoms with Crippen molar-refractivity contribution in [1.82, 2.24) is 0 Å². The van der Waals surface area contributed by atoms with Gasteiger partial charge in [0, 0.05) is 22.1 Å². The molecule has 0 unspecified atom stereocenters. The maximum Gasteiger partial charge on any atom is 0.143 e. The first kappa shape index (κ1) is 22.0. The Balaban J connectivity index is 1.82. The molecule has 0 radical (unpaired) electrons. The predicted octanol–water partition coefficient (Wildman–Crippen LogP) is 9.09. The molecule has 0 fully saturated rings. The molecule has 0 saturated heterocycles. The van der Waals surface area contributed by atoms with E-state index in [1.807, 2.05) is 12.1 Å². The minimum atomic E-state index is 0.851. The molecular formula is C32H30O2. The highest BCUT2D eigenvalue weighted by Gasteiger charge is 2.22. The Morgan fingerprint density at radius 3 is 2.03 bits per heavy atom. The van der Waals surface area contributed by atoms with Crippen LogP contribution in [0.25, 0.3) is 44.5 Å². The molecule has 0 aliphatic heterocycles. The summed E-state index contributed by atoms with van der Waals surface area (Å²) in [6.45, 7) is 4.37. The summed E-state index contributed by atoms with van der Waals surface area (Å²) in [4.78, 5) is 0. The van der Waals surface area contributed by atoms with Crippen LogP contribution in [-0.2, 0) is 6.42 Å². The number of ether oxygens (including phenoxy) is 1. The third-order valence-electron chi connectivity index (χ3n) is 6.52. The van der Waals surface area contributed by atoms with Gasteiger partial charge in [-0.15, -0.1) is 0 Å². The molecule has 0 aliphatic carbocycles. The van der Waals surface area contributed by atoms with Crippen LogP contribution in [0.5, 0.6) is 5.75 Å². The molecule has 5 rings (SSSR count). The number of rotatable bonds is 7. The predicted molar refractivity (Wildman–Crippen MR) is 142 cm³/mol. The lowest BCUT2D eigenvalue weighted by Gasteiger charge is -2.10. The topological polar surface area (TPSA) is 22.4 Å². The minimum absolute atomic E-state index is 0.851. The van der Waals surface area contributed by atoms with Gasteiger partial charge in [0.15, 0.2) is 0 Å². The summed E-state index contributed by atoms with van der Waals surface area (Å²) in [6, 6.07) is 32.0. The van der Waals surface area contributed by atoms with E-state index in [0.29, 0.717) is 0 Å². The van der Waals surface area contributed by atoms with Gasteiger partial charge in [0.2, 0.25) is 0 Å². The van der Waals surface area contributed by atoms with Crippen LogP contribution in [0.4, 0.5) is 0 Å². The van der Waals surface area contributed by atoms with Gasteiger partial charge in [0.05, 0.1) is 7.11 Å². The number of methoxy groups -OCH3 is 1. The number of hydrogen-bond donors (Lipinski definition) is 0. The normalized spacial score (nSPS) is 11.1. The van der Waals surface area contributed by atoms with Gasteiger partial charge in [-0.3, -0.25) is 0 Å². The smallest absolute Gasteiger partial charge is 0.143 e. The molecule has 1 heterocycles. The average Bonchev–Trinajstić information content (AvgIpc) is 3.27. The van der Waals surface area contributed by atoms with Crippen LogP contribution >= 0.6 is 0 Å². The highest BCUT2D eigenvalue weighted by Crippen LogP contribution is 2.44. The van der Waals surface area contributed by atoms with Gasteiger partial charge in [0.25, 0.3) is 0 Å². The fourth-order valence-electron chi connectivity index (χ4n) is 4.65. The van der Waals surface area contributed by atoms with E-state index in [1.165, 1.54) is 27.6 Å². The second kappa shape index (κ2) is 9.61. The zero-order chi connectivity index (χ0) is 23.5. The Kier molecular flexibility index (Phi) is 6.22. The lowest BCUT2D eigenvalue weighted by Crippen LogP contribution is -1.90. The zero-order valence-corrected chi connectivity index (χ0v) is 20.1. The Hall–Kier alpha value is -3.78. The van der Waals surface area contributed by atoms with E-state index in [2.05, 4.69) is 92.7 Å². The zero-order valence-electron chi connectivity index (χ0n) is 20.1. The molecular weight excluding hydrogens is 416 g/mol. The van der Waals surface area contributed by atoms with Crippen molar-refractivity contribution in [3.63, 3.8) is 0 Å². The van der Waals surface area contributed by atoms with E-state index in [4.69, 9.17) is 9.15 Å². The molecule has 2 nitrogen and oxygen atoms in total. The van der Waals surface area contributed by atoms with Crippen molar-refractivity contribution in [2.45, 2.75) is 33.1 Å². The number of hydrogen-bond acceptors (Lipinski definition) is 2. The van der Waals surface area contributed by atoms with E-state index >= 15 is 0 Å². The van der Waals surface area contributed by atoms with Crippen LogP contribution in [0.1, 0.15) is 30.9 Å². The van der Waals surface area contributed by atoms with Crippen molar-refractivity contribution in [2.75, 3.05) is 7.11 Å². The van der Waals surface area contributed by atoms with Gasteiger partial charge in [-0.05, 0) is 54.7 Å². The summed E-state index contributed by atoms with van der Waals surface area (Å²) < 4.78 is 12.2. The van der Waals surface area contributed by atoms with Crippen LogP contribution in [0.3, 0.4) is 0 Å². The molecule has 1 aromatic heterocycles. The van der Waals surface area contributed by atoms with Crippen LogP contribution in [-0.4, -0.2) is 7.11 Å². The maximum absolute atomic E-state index is 6.80. The van der Waals surface area contributed by atoms with Crippen molar-refractivity contribution >= 4 is 11.0 Å². The molecule has 2 heteroatoms. The first-order chi connectivity index (χ1) is 16.7. The molecule has 4 aromatic carbocycles. The van der Waals surface area contributed by atoms with Crippen LogP contribution in [0.15, 0.2) is 95.4 Å². The molecule has 0 saturated carbocycles. The summed E-state index contributed by atoms with van der Waals surface area (Å²) in [5, 5.41) is 1.23. The first-order valence-corrected chi connectivity index (χ1v) is 12.0. The van der Waals surface area contributed by atoms with Crippen molar-refractivity contribution < 1.29 is 9.15 Å². The Morgan fingerprint density at radius 1 is 0.706 bits per heavy atom. The van der Waals surface area contributed by atoms with Gasteiger partial charge >= 0.3 is 0 Å². The minimum Gasteiger partial charge on any atom is -0.497 e. The van der Waals surface area contributed by atoms with Crippen molar-refractivity contribution in [3.8, 4) is 39.3 Å². The third kappa shape index (κ3) is 4.12. The summed E-state index contributed by atoms with van der Waals surface area (Å²) in [5.41, 5.74) is 9.29. The summed E-state index contributed by atoms with van der Waals surface area (Å²) in [6.07, 6.45) is 3.24. The highest BCUT2D eigenvalue weighted by atomic mass is 16.5. The molecule has 0 bridgehead atoms. The van der Waals surface area contributed by atoms with Gasteiger partial charge in [-0.2, -0.15) is 0 Å². The van der Waals surface area contributed by atoms with Crippen molar-refractivity contribution in [2.24, 2.45) is 0 Å². The second-order valence-electron chi connectivity index (χ2n) is 8.84. The number of fused-ring (bicyclic) bond motifs is 1.